The van der Waals surface area contributed by atoms with Crippen molar-refractivity contribution in [3.63, 3.8) is 0 Å². The number of nitrogens with zero attached hydrogens (tertiary/aromatic N) is 5. The van der Waals surface area contributed by atoms with E-state index in [-0.39, 0.29) is 24.8 Å². The topological polar surface area (TPSA) is 110 Å². The minimum absolute atomic E-state index is 0.0498. The van der Waals surface area contributed by atoms with Crippen LogP contribution in [0.2, 0.25) is 0 Å². The molecule has 0 saturated carbocycles. The van der Waals surface area contributed by atoms with Crippen LogP contribution in [0.3, 0.4) is 0 Å². The maximum Gasteiger partial charge on any atom is 0.236 e. The van der Waals surface area contributed by atoms with Gasteiger partial charge in [-0.05, 0) is 23.3 Å². The number of nitriles is 1. The molecule has 0 fully saturated rings. The minimum Gasteiger partial charge on any atom is -0.423 e. The quantitative estimate of drug-likeness (QED) is 0.520. The van der Waals surface area contributed by atoms with Crippen molar-refractivity contribution in [1.82, 2.24) is 25.1 Å². The average Bonchev–Trinajstić information content (AvgIpc) is 3.34. The molecule has 0 radical (unpaired) electrons. The zero-order valence-electron chi connectivity index (χ0n) is 14.9. The van der Waals surface area contributed by atoms with Crippen molar-refractivity contribution in [2.24, 2.45) is 0 Å². The molecule has 1 amide bonds. The summed E-state index contributed by atoms with van der Waals surface area (Å²) in [7, 11) is 0. The van der Waals surface area contributed by atoms with E-state index < -0.39 is 0 Å². The highest BCUT2D eigenvalue weighted by Gasteiger charge is 2.12. The van der Waals surface area contributed by atoms with E-state index in [0.29, 0.717) is 12.4 Å². The predicted molar refractivity (Wildman–Crippen MR) is 101 cm³/mol. The lowest BCUT2D eigenvalue weighted by Crippen LogP contribution is -2.25. The Hall–Kier alpha value is -3.99. The summed E-state index contributed by atoms with van der Waals surface area (Å²) in [4.78, 5) is 16.1. The summed E-state index contributed by atoms with van der Waals surface area (Å²) < 4.78 is 7.45. The molecule has 4 aromatic rings. The van der Waals surface area contributed by atoms with Crippen LogP contribution in [0.4, 0.5) is 0 Å². The number of hydrogen-bond donors (Lipinski definition) is 1. The van der Waals surface area contributed by atoms with Crippen molar-refractivity contribution in [3.8, 4) is 17.2 Å². The number of benzene rings is 2. The van der Waals surface area contributed by atoms with Crippen molar-refractivity contribution in [3.05, 3.63) is 66.6 Å². The Balaban J connectivity index is 1.50. The normalized spacial score (nSPS) is 10.7. The number of fused-ring (bicyclic) bond motifs is 1. The van der Waals surface area contributed by atoms with Gasteiger partial charge in [-0.3, -0.25) is 4.79 Å². The van der Waals surface area contributed by atoms with Crippen LogP contribution in [-0.2, 0) is 17.8 Å². The molecular weight excluding hydrogens is 356 g/mol. The standard InChI is InChI=1S/C20H16N6O2/c21-8-9-22-18(27)11-19-24-25-20(28-19)12-26-13-23-16-10-15(6-7-17(16)26)14-4-2-1-3-5-14/h1-7,10,13H,9,11-12H2,(H,22,27). The fourth-order valence-electron chi connectivity index (χ4n) is 2.91. The summed E-state index contributed by atoms with van der Waals surface area (Å²) in [5.41, 5.74) is 4.06. The van der Waals surface area contributed by atoms with Crippen molar-refractivity contribution < 1.29 is 9.21 Å². The summed E-state index contributed by atoms with van der Waals surface area (Å²) >= 11 is 0. The lowest BCUT2D eigenvalue weighted by molar-refractivity contribution is -0.120. The third-order valence-corrected chi connectivity index (χ3v) is 4.22. The largest absolute Gasteiger partial charge is 0.423 e. The number of rotatable bonds is 6. The van der Waals surface area contributed by atoms with Crippen LogP contribution in [0.15, 0.2) is 59.3 Å². The van der Waals surface area contributed by atoms with Crippen LogP contribution >= 0.6 is 0 Å². The van der Waals surface area contributed by atoms with E-state index in [4.69, 9.17) is 9.68 Å². The lowest BCUT2D eigenvalue weighted by Gasteiger charge is -2.03. The van der Waals surface area contributed by atoms with Gasteiger partial charge in [0.15, 0.2) is 0 Å². The van der Waals surface area contributed by atoms with Crippen LogP contribution in [-0.4, -0.2) is 32.2 Å². The Kier molecular flexibility index (Phi) is 4.80. The van der Waals surface area contributed by atoms with Crippen LogP contribution in [0.1, 0.15) is 11.8 Å². The number of amides is 1. The Morgan fingerprint density at radius 2 is 1.93 bits per heavy atom. The third kappa shape index (κ3) is 3.73. The molecule has 0 unspecified atom stereocenters. The first-order chi connectivity index (χ1) is 13.7. The molecule has 2 heterocycles. The number of aromatic nitrogens is 4. The monoisotopic (exact) mass is 372 g/mol. The van der Waals surface area contributed by atoms with E-state index in [2.05, 4.69) is 38.7 Å². The molecule has 8 nitrogen and oxygen atoms in total. The van der Waals surface area contributed by atoms with E-state index in [1.54, 1.807) is 6.33 Å². The van der Waals surface area contributed by atoms with E-state index in [1.807, 2.05) is 41.0 Å². The SMILES string of the molecule is N#CCNC(=O)Cc1nnc(Cn2cnc3cc(-c4ccccc4)ccc32)o1. The smallest absolute Gasteiger partial charge is 0.236 e. The molecule has 1 N–H and O–H groups in total. The van der Waals surface area contributed by atoms with Gasteiger partial charge in [-0.2, -0.15) is 5.26 Å². The summed E-state index contributed by atoms with van der Waals surface area (Å²) in [5.74, 6) is 0.258. The number of imidazole rings is 1. The maximum atomic E-state index is 11.6. The summed E-state index contributed by atoms with van der Waals surface area (Å²) in [5, 5.41) is 18.8. The number of carbonyl (C=O) groups excluding carboxylic acids is 1. The fourth-order valence-corrected chi connectivity index (χ4v) is 2.91. The molecule has 2 aromatic carbocycles. The van der Waals surface area contributed by atoms with Gasteiger partial charge < -0.3 is 14.3 Å². The van der Waals surface area contributed by atoms with Crippen molar-refractivity contribution in [1.29, 1.82) is 5.26 Å². The van der Waals surface area contributed by atoms with Gasteiger partial charge in [0, 0.05) is 0 Å². The zero-order chi connectivity index (χ0) is 19.3. The van der Waals surface area contributed by atoms with Gasteiger partial charge >= 0.3 is 0 Å². The third-order valence-electron chi connectivity index (χ3n) is 4.22. The number of carbonyl (C=O) groups is 1. The van der Waals surface area contributed by atoms with Gasteiger partial charge in [-0.25, -0.2) is 4.98 Å². The first kappa shape index (κ1) is 17.4. The van der Waals surface area contributed by atoms with E-state index in [9.17, 15) is 4.79 Å². The van der Waals surface area contributed by atoms with Crippen LogP contribution in [0, 0.1) is 11.3 Å². The molecule has 2 aromatic heterocycles. The highest BCUT2D eigenvalue weighted by atomic mass is 16.4. The van der Waals surface area contributed by atoms with Gasteiger partial charge in [0.1, 0.15) is 19.5 Å². The Morgan fingerprint density at radius 3 is 2.75 bits per heavy atom. The second kappa shape index (κ2) is 7.72. The molecule has 0 aliphatic heterocycles. The van der Waals surface area contributed by atoms with Gasteiger partial charge in [0.25, 0.3) is 0 Å². The summed E-state index contributed by atoms with van der Waals surface area (Å²) in [6.07, 6.45) is 1.67. The molecule has 0 aliphatic rings. The Labute approximate surface area is 160 Å². The van der Waals surface area contributed by atoms with Crippen molar-refractivity contribution >= 4 is 16.9 Å². The second-order valence-corrected chi connectivity index (χ2v) is 6.14. The van der Waals surface area contributed by atoms with Crippen molar-refractivity contribution in [2.45, 2.75) is 13.0 Å². The molecule has 0 atom stereocenters. The number of hydrogen-bond acceptors (Lipinski definition) is 6. The highest BCUT2D eigenvalue weighted by Crippen LogP contribution is 2.24. The average molecular weight is 372 g/mol. The number of nitrogens with one attached hydrogen (secondary N) is 1. The van der Waals surface area contributed by atoms with E-state index in [0.717, 1.165) is 22.2 Å². The molecular formula is C20H16N6O2. The molecule has 4 rings (SSSR count). The van der Waals surface area contributed by atoms with Gasteiger partial charge in [0.2, 0.25) is 17.7 Å². The van der Waals surface area contributed by atoms with Crippen molar-refractivity contribution in [2.75, 3.05) is 6.54 Å². The molecule has 0 spiro atoms. The first-order valence-electron chi connectivity index (χ1n) is 8.68. The Morgan fingerprint density at radius 1 is 1.11 bits per heavy atom. The highest BCUT2D eigenvalue weighted by molar-refractivity contribution is 5.82. The second-order valence-electron chi connectivity index (χ2n) is 6.14. The summed E-state index contributed by atoms with van der Waals surface area (Å²) in [6, 6.07) is 18.1. The molecule has 0 aliphatic carbocycles. The Bertz CT molecular complexity index is 1160. The van der Waals surface area contributed by atoms with E-state index >= 15 is 0 Å². The maximum absolute atomic E-state index is 11.6. The predicted octanol–water partition coefficient (Wildman–Crippen LogP) is 2.32. The van der Waals surface area contributed by atoms with Crippen LogP contribution in [0.25, 0.3) is 22.2 Å². The minimum atomic E-state index is -0.335. The molecule has 138 valence electrons. The van der Waals surface area contributed by atoms with Gasteiger partial charge in [0.05, 0.1) is 23.4 Å². The summed E-state index contributed by atoms with van der Waals surface area (Å²) in [6.45, 7) is 0.305. The fraction of sp³-hybridized carbons (Fsp3) is 0.150. The van der Waals surface area contributed by atoms with Crippen LogP contribution < -0.4 is 5.32 Å². The molecule has 28 heavy (non-hydrogen) atoms. The van der Waals surface area contributed by atoms with Crippen LogP contribution in [0.5, 0.6) is 0 Å². The van der Waals surface area contributed by atoms with E-state index in [1.165, 1.54) is 0 Å². The van der Waals surface area contributed by atoms with Gasteiger partial charge in [-0.15, -0.1) is 10.2 Å². The molecule has 8 heteroatoms. The lowest BCUT2D eigenvalue weighted by atomic mass is 10.1. The van der Waals surface area contributed by atoms with Gasteiger partial charge in [-0.1, -0.05) is 36.4 Å². The molecule has 0 bridgehead atoms. The first-order valence-corrected chi connectivity index (χ1v) is 8.68. The zero-order valence-corrected chi connectivity index (χ0v) is 14.9. The molecule has 0 saturated heterocycles.